The van der Waals surface area contributed by atoms with Crippen LogP contribution in [0.2, 0.25) is 0 Å². The predicted molar refractivity (Wildman–Crippen MR) is 205 cm³/mol. The van der Waals surface area contributed by atoms with Crippen LogP contribution >= 0.6 is 0 Å². The van der Waals surface area contributed by atoms with Crippen molar-refractivity contribution in [2.24, 2.45) is 0 Å². The van der Waals surface area contributed by atoms with Crippen molar-refractivity contribution in [3.63, 3.8) is 0 Å². The van der Waals surface area contributed by atoms with E-state index in [4.69, 9.17) is 23.7 Å². The number of aliphatic hydroxyl groups excluding tert-OH is 1. The van der Waals surface area contributed by atoms with E-state index in [1.165, 1.54) is 36.0 Å². The standard InChI is InChI=1S/C22H29NO3.C14H21NO2.C8H8O/c24-21(20-11-5-2-6-12-20)18-23(17-19-9-3-1-4-10-19)14-16-26-22-13-7-8-15-25-22;1-2-6-13(7-3-1)12-15-9-11-17-14-8-4-5-10-16-14;1-2-4-7(5-3-1)8-6-9-8/h1-6,9-12,21-22,24H,7-8,13-18H2;1-3,6-7,14-15H,4-5,8-12H2;1-5,8H,6H2/t21-,22?;;8-/m0.0/s1. The molecule has 0 aromatic heterocycles. The van der Waals surface area contributed by atoms with Crippen molar-refractivity contribution in [2.45, 2.75) is 76.4 Å². The lowest BCUT2D eigenvalue weighted by molar-refractivity contribution is -0.164. The SMILES string of the molecule is O[C@@H](CN(CCOC1CCCCO1)Cc1ccccc1)c1ccccc1.c1ccc(CNCCOC2CCCCO2)cc1.c1ccc([C@@H]2CO2)cc1. The van der Waals surface area contributed by atoms with Gasteiger partial charge >= 0.3 is 0 Å². The van der Waals surface area contributed by atoms with Gasteiger partial charge in [-0.3, -0.25) is 4.90 Å². The highest BCUT2D eigenvalue weighted by molar-refractivity contribution is 5.20. The third-order valence-electron chi connectivity index (χ3n) is 9.11. The fourth-order valence-corrected chi connectivity index (χ4v) is 6.10. The number of ether oxygens (including phenoxy) is 5. The van der Waals surface area contributed by atoms with Gasteiger partial charge in [-0.1, -0.05) is 121 Å². The van der Waals surface area contributed by atoms with Gasteiger partial charge in [0, 0.05) is 45.9 Å². The second-order valence-corrected chi connectivity index (χ2v) is 13.4. The van der Waals surface area contributed by atoms with Gasteiger partial charge in [-0.2, -0.15) is 0 Å². The van der Waals surface area contributed by atoms with Gasteiger partial charge in [0.2, 0.25) is 0 Å². The molecule has 0 aliphatic carbocycles. The largest absolute Gasteiger partial charge is 0.387 e. The lowest BCUT2D eigenvalue weighted by Crippen LogP contribution is -2.33. The summed E-state index contributed by atoms with van der Waals surface area (Å²) in [5, 5.41) is 14.0. The first kappa shape index (κ1) is 39.8. The topological polar surface area (TPSA) is 85.0 Å². The number of benzene rings is 4. The molecule has 0 spiro atoms. The minimum absolute atomic E-state index is 0.0299. The first-order valence-corrected chi connectivity index (χ1v) is 19.1. The van der Waals surface area contributed by atoms with Gasteiger partial charge in [-0.05, 0) is 60.8 Å². The number of aliphatic hydroxyl groups is 1. The normalized spacial score (nSPS) is 20.2. The zero-order valence-electron chi connectivity index (χ0n) is 30.6. The molecular formula is C44H58N2O6. The van der Waals surface area contributed by atoms with Crippen molar-refractivity contribution in [3.8, 4) is 0 Å². The summed E-state index contributed by atoms with van der Waals surface area (Å²) in [6.07, 6.45) is 6.58. The Balaban J connectivity index is 0.000000170. The first-order valence-electron chi connectivity index (χ1n) is 19.1. The van der Waals surface area contributed by atoms with Gasteiger partial charge < -0.3 is 34.1 Å². The van der Waals surface area contributed by atoms with Gasteiger partial charge in [0.1, 0.15) is 6.10 Å². The second kappa shape index (κ2) is 24.0. The summed E-state index contributed by atoms with van der Waals surface area (Å²) in [6.45, 7) is 7.78. The quantitative estimate of drug-likeness (QED) is 0.0899. The Bertz CT molecular complexity index is 1430. The van der Waals surface area contributed by atoms with Crippen LogP contribution in [0.25, 0.3) is 0 Å². The lowest BCUT2D eigenvalue weighted by Gasteiger charge is -2.27. The molecule has 3 aliphatic heterocycles. The molecule has 2 N–H and O–H groups in total. The van der Waals surface area contributed by atoms with E-state index in [1.54, 1.807) is 0 Å². The summed E-state index contributed by atoms with van der Waals surface area (Å²) in [5.74, 6) is 0. The molecule has 7 rings (SSSR count). The van der Waals surface area contributed by atoms with Gasteiger partial charge in [-0.25, -0.2) is 0 Å². The minimum atomic E-state index is -0.508. The number of nitrogens with zero attached hydrogens (tertiary/aromatic N) is 1. The molecule has 52 heavy (non-hydrogen) atoms. The van der Waals surface area contributed by atoms with Crippen LogP contribution in [-0.2, 0) is 36.8 Å². The summed E-state index contributed by atoms with van der Waals surface area (Å²) in [5.41, 5.74) is 4.79. The summed E-state index contributed by atoms with van der Waals surface area (Å²) in [6, 6.07) is 40.9. The van der Waals surface area contributed by atoms with Gasteiger partial charge in [-0.15, -0.1) is 0 Å². The maximum atomic E-state index is 10.6. The molecule has 280 valence electrons. The first-order chi connectivity index (χ1) is 25.7. The molecule has 4 aromatic carbocycles. The van der Waals surface area contributed by atoms with Crippen LogP contribution in [0.5, 0.6) is 0 Å². The van der Waals surface area contributed by atoms with Gasteiger partial charge in [0.15, 0.2) is 12.6 Å². The number of hydrogen-bond donors (Lipinski definition) is 2. The van der Waals surface area contributed by atoms with E-state index in [1.807, 2.05) is 72.8 Å². The summed E-state index contributed by atoms with van der Waals surface area (Å²) >= 11 is 0. The van der Waals surface area contributed by atoms with E-state index in [2.05, 4.69) is 58.7 Å². The summed E-state index contributed by atoms with van der Waals surface area (Å²) < 4.78 is 27.8. The Morgan fingerprint density at radius 3 is 1.75 bits per heavy atom. The van der Waals surface area contributed by atoms with Crippen molar-refractivity contribution >= 4 is 0 Å². The molecule has 3 aliphatic rings. The maximum absolute atomic E-state index is 10.6. The summed E-state index contributed by atoms with van der Waals surface area (Å²) in [7, 11) is 0. The highest BCUT2D eigenvalue weighted by Crippen LogP contribution is 2.28. The smallest absolute Gasteiger partial charge is 0.157 e. The molecule has 3 fully saturated rings. The van der Waals surface area contributed by atoms with Gasteiger partial charge in [0.25, 0.3) is 0 Å². The van der Waals surface area contributed by atoms with E-state index in [9.17, 15) is 5.11 Å². The Morgan fingerprint density at radius 2 is 1.19 bits per heavy atom. The second-order valence-electron chi connectivity index (χ2n) is 13.4. The molecule has 4 atom stereocenters. The molecule has 0 amide bonds. The van der Waals surface area contributed by atoms with E-state index in [0.29, 0.717) is 19.3 Å². The number of nitrogens with one attached hydrogen (secondary N) is 1. The van der Waals surface area contributed by atoms with E-state index >= 15 is 0 Å². The van der Waals surface area contributed by atoms with Crippen molar-refractivity contribution in [1.29, 1.82) is 0 Å². The maximum Gasteiger partial charge on any atom is 0.157 e. The Hall–Kier alpha value is -3.44. The molecule has 0 bridgehead atoms. The molecule has 8 nitrogen and oxygen atoms in total. The molecule has 0 radical (unpaired) electrons. The van der Waals surface area contributed by atoms with Crippen LogP contribution in [-0.4, -0.2) is 75.3 Å². The van der Waals surface area contributed by atoms with Crippen molar-refractivity contribution < 1.29 is 28.8 Å². The van der Waals surface area contributed by atoms with E-state index < -0.39 is 6.10 Å². The van der Waals surface area contributed by atoms with Crippen LogP contribution in [0.3, 0.4) is 0 Å². The third-order valence-corrected chi connectivity index (χ3v) is 9.11. The fraction of sp³-hybridized carbons (Fsp3) is 0.455. The van der Waals surface area contributed by atoms with Crippen molar-refractivity contribution in [3.05, 3.63) is 144 Å². The van der Waals surface area contributed by atoms with E-state index in [-0.39, 0.29) is 12.6 Å². The van der Waals surface area contributed by atoms with Crippen LogP contribution in [0.1, 0.15) is 73.0 Å². The average Bonchev–Trinajstić information content (AvgIpc) is 4.07. The zero-order chi connectivity index (χ0) is 35.9. The molecular weight excluding hydrogens is 652 g/mol. The van der Waals surface area contributed by atoms with Crippen molar-refractivity contribution in [2.75, 3.05) is 52.7 Å². The number of epoxide rings is 1. The number of rotatable bonds is 16. The monoisotopic (exact) mass is 710 g/mol. The minimum Gasteiger partial charge on any atom is -0.387 e. The highest BCUT2D eigenvalue weighted by atomic mass is 16.7. The Labute approximate surface area is 311 Å². The molecule has 4 aromatic rings. The number of hydrogen-bond acceptors (Lipinski definition) is 8. The molecule has 0 saturated carbocycles. The highest BCUT2D eigenvalue weighted by Gasteiger charge is 2.23. The third kappa shape index (κ3) is 16.1. The Kier molecular flexibility index (Phi) is 18.3. The summed E-state index contributed by atoms with van der Waals surface area (Å²) in [4.78, 5) is 2.25. The van der Waals surface area contributed by atoms with Crippen LogP contribution in [0.4, 0.5) is 0 Å². The van der Waals surface area contributed by atoms with E-state index in [0.717, 1.165) is 77.4 Å². The van der Waals surface area contributed by atoms with Crippen LogP contribution in [0, 0.1) is 0 Å². The molecule has 3 heterocycles. The fourth-order valence-electron chi connectivity index (χ4n) is 6.10. The van der Waals surface area contributed by atoms with Crippen LogP contribution < -0.4 is 5.32 Å². The molecule has 2 unspecified atom stereocenters. The predicted octanol–water partition coefficient (Wildman–Crippen LogP) is 7.84. The molecule has 3 saturated heterocycles. The zero-order valence-corrected chi connectivity index (χ0v) is 30.6. The van der Waals surface area contributed by atoms with Crippen molar-refractivity contribution in [1.82, 2.24) is 10.2 Å². The van der Waals surface area contributed by atoms with Gasteiger partial charge in [0.05, 0.1) is 25.9 Å². The average molecular weight is 711 g/mol. The lowest BCUT2D eigenvalue weighted by atomic mass is 10.1. The molecule has 8 heteroatoms. The Morgan fingerprint density at radius 1 is 0.654 bits per heavy atom. The van der Waals surface area contributed by atoms with Crippen LogP contribution in [0.15, 0.2) is 121 Å².